The van der Waals surface area contributed by atoms with Crippen LogP contribution in [-0.4, -0.2) is 12.6 Å². The molecule has 0 aromatic carbocycles. The summed E-state index contributed by atoms with van der Waals surface area (Å²) < 4.78 is 5.18. The van der Waals surface area contributed by atoms with Crippen molar-refractivity contribution >= 4 is 5.97 Å². The number of ether oxygens (including phenoxy) is 1. The quantitative estimate of drug-likeness (QED) is 0.515. The molecule has 0 N–H and O–H groups in total. The molecule has 1 fully saturated rings. The molecule has 1 unspecified atom stereocenters. The van der Waals surface area contributed by atoms with Gasteiger partial charge in [0.05, 0.1) is 12.5 Å². The van der Waals surface area contributed by atoms with E-state index >= 15 is 0 Å². The van der Waals surface area contributed by atoms with Crippen LogP contribution in [0.15, 0.2) is 11.1 Å². The van der Waals surface area contributed by atoms with E-state index in [4.69, 9.17) is 4.74 Å². The molecule has 2 nitrogen and oxygen atoms in total. The van der Waals surface area contributed by atoms with Crippen LogP contribution in [0, 0.1) is 11.3 Å². The number of carbonyl (C=O) groups excluding carboxylic acids is 1. The molecular weight excluding hydrogens is 188 g/mol. The summed E-state index contributed by atoms with van der Waals surface area (Å²) in [6, 6.07) is 0. The first-order valence-electron chi connectivity index (χ1n) is 5.91. The highest BCUT2D eigenvalue weighted by molar-refractivity contribution is 5.75. The molecule has 84 valence electrons. The van der Waals surface area contributed by atoms with Gasteiger partial charge < -0.3 is 4.74 Å². The van der Waals surface area contributed by atoms with E-state index in [0.717, 1.165) is 12.8 Å². The van der Waals surface area contributed by atoms with Gasteiger partial charge in [0.2, 0.25) is 0 Å². The van der Waals surface area contributed by atoms with Crippen LogP contribution >= 0.6 is 0 Å². The third-order valence-electron chi connectivity index (χ3n) is 4.06. The van der Waals surface area contributed by atoms with Crippen molar-refractivity contribution in [2.24, 2.45) is 11.3 Å². The van der Waals surface area contributed by atoms with Gasteiger partial charge in [-0.25, -0.2) is 0 Å². The molecule has 2 heteroatoms. The van der Waals surface area contributed by atoms with Crippen molar-refractivity contribution in [2.75, 3.05) is 6.61 Å². The van der Waals surface area contributed by atoms with Gasteiger partial charge in [0, 0.05) is 0 Å². The van der Waals surface area contributed by atoms with E-state index in [1.807, 2.05) is 6.92 Å². The zero-order chi connectivity index (χ0) is 11.1. The van der Waals surface area contributed by atoms with Crippen molar-refractivity contribution in [3.05, 3.63) is 11.1 Å². The van der Waals surface area contributed by atoms with Gasteiger partial charge in [0.15, 0.2) is 0 Å². The highest BCUT2D eigenvalue weighted by Gasteiger charge is 2.54. The first-order valence-corrected chi connectivity index (χ1v) is 5.91. The maximum atomic E-state index is 11.9. The summed E-state index contributed by atoms with van der Waals surface area (Å²) in [5.74, 6) is 0.169. The maximum absolute atomic E-state index is 11.9. The molecule has 0 heterocycles. The van der Waals surface area contributed by atoms with E-state index in [1.54, 1.807) is 0 Å². The largest absolute Gasteiger partial charge is 0.466 e. The van der Waals surface area contributed by atoms with Crippen LogP contribution in [-0.2, 0) is 9.53 Å². The SMILES string of the molecule is CCOC(=O)C1CC(C)=C(C)CC12CC2. The Morgan fingerprint density at radius 2 is 2.07 bits per heavy atom. The number of rotatable bonds is 2. The van der Waals surface area contributed by atoms with E-state index in [2.05, 4.69) is 13.8 Å². The molecule has 0 aromatic rings. The minimum atomic E-state index is 0.0295. The molecule has 0 radical (unpaired) electrons. The average molecular weight is 208 g/mol. The molecule has 15 heavy (non-hydrogen) atoms. The zero-order valence-electron chi connectivity index (χ0n) is 9.93. The Hall–Kier alpha value is -0.790. The lowest BCUT2D eigenvalue weighted by molar-refractivity contribution is -0.150. The van der Waals surface area contributed by atoms with Crippen LogP contribution in [0.4, 0.5) is 0 Å². The van der Waals surface area contributed by atoms with Crippen LogP contribution in [0.1, 0.15) is 46.5 Å². The monoisotopic (exact) mass is 208 g/mol. The molecule has 1 atom stereocenters. The zero-order valence-corrected chi connectivity index (χ0v) is 9.93. The van der Waals surface area contributed by atoms with Gasteiger partial charge >= 0.3 is 5.97 Å². The Morgan fingerprint density at radius 1 is 1.40 bits per heavy atom. The number of hydrogen-bond donors (Lipinski definition) is 0. The van der Waals surface area contributed by atoms with Gasteiger partial charge in [-0.1, -0.05) is 11.1 Å². The summed E-state index contributed by atoms with van der Waals surface area (Å²) in [5.41, 5.74) is 3.18. The normalized spacial score (nSPS) is 28.1. The molecule has 0 saturated heterocycles. The van der Waals surface area contributed by atoms with E-state index in [0.29, 0.717) is 6.61 Å². The van der Waals surface area contributed by atoms with Crippen molar-refractivity contribution in [2.45, 2.75) is 46.5 Å². The van der Waals surface area contributed by atoms with Crippen molar-refractivity contribution in [1.29, 1.82) is 0 Å². The van der Waals surface area contributed by atoms with Crippen LogP contribution in [0.2, 0.25) is 0 Å². The summed E-state index contributed by atoms with van der Waals surface area (Å²) in [6.07, 6.45) is 4.45. The molecule has 2 rings (SSSR count). The van der Waals surface area contributed by atoms with Gasteiger partial charge in [-0.2, -0.15) is 0 Å². The van der Waals surface area contributed by atoms with Crippen LogP contribution in [0.25, 0.3) is 0 Å². The lowest BCUT2D eigenvalue weighted by Crippen LogP contribution is -2.30. The molecule has 0 aliphatic heterocycles. The molecule has 2 aliphatic rings. The van der Waals surface area contributed by atoms with Crippen LogP contribution < -0.4 is 0 Å². The summed E-state index contributed by atoms with van der Waals surface area (Å²) in [7, 11) is 0. The molecule has 1 saturated carbocycles. The Bertz CT molecular complexity index is 310. The van der Waals surface area contributed by atoms with E-state index in [9.17, 15) is 4.79 Å². The summed E-state index contributed by atoms with van der Waals surface area (Å²) in [6.45, 7) is 6.75. The number of allylic oxidation sites excluding steroid dienone is 2. The smallest absolute Gasteiger partial charge is 0.309 e. The van der Waals surface area contributed by atoms with E-state index < -0.39 is 0 Å². The topological polar surface area (TPSA) is 26.3 Å². The lowest BCUT2D eigenvalue weighted by atomic mass is 9.74. The number of carbonyl (C=O) groups is 1. The Kier molecular flexibility index (Phi) is 2.61. The highest BCUT2D eigenvalue weighted by Crippen LogP contribution is 2.60. The fourth-order valence-electron chi connectivity index (χ4n) is 2.76. The minimum Gasteiger partial charge on any atom is -0.466 e. The van der Waals surface area contributed by atoms with Crippen molar-refractivity contribution in [1.82, 2.24) is 0 Å². The lowest BCUT2D eigenvalue weighted by Gasteiger charge is -2.31. The maximum Gasteiger partial charge on any atom is 0.309 e. The molecule has 2 aliphatic carbocycles. The molecular formula is C13H20O2. The van der Waals surface area contributed by atoms with Gasteiger partial charge in [0.25, 0.3) is 0 Å². The first-order chi connectivity index (χ1) is 7.09. The third-order valence-corrected chi connectivity index (χ3v) is 4.06. The highest BCUT2D eigenvalue weighted by atomic mass is 16.5. The standard InChI is InChI=1S/C13H20O2/c1-4-15-12(14)11-7-9(2)10(3)8-13(11)5-6-13/h11H,4-8H2,1-3H3. The molecule has 0 amide bonds. The Morgan fingerprint density at radius 3 is 2.60 bits per heavy atom. The second kappa shape index (κ2) is 3.66. The summed E-state index contributed by atoms with van der Waals surface area (Å²) in [4.78, 5) is 11.9. The van der Waals surface area contributed by atoms with Gasteiger partial charge in [-0.05, 0) is 51.9 Å². The third kappa shape index (κ3) is 1.82. The minimum absolute atomic E-state index is 0.0295. The summed E-state index contributed by atoms with van der Waals surface area (Å²) >= 11 is 0. The van der Waals surface area contributed by atoms with Crippen molar-refractivity contribution < 1.29 is 9.53 Å². The van der Waals surface area contributed by atoms with Crippen molar-refractivity contribution in [3.63, 3.8) is 0 Å². The van der Waals surface area contributed by atoms with Gasteiger partial charge in [-0.15, -0.1) is 0 Å². The van der Waals surface area contributed by atoms with Gasteiger partial charge in [-0.3, -0.25) is 4.79 Å². The van der Waals surface area contributed by atoms with Crippen LogP contribution in [0.3, 0.4) is 0 Å². The second-order valence-electron chi connectivity index (χ2n) is 5.11. The predicted octanol–water partition coefficient (Wildman–Crippen LogP) is 3.08. The van der Waals surface area contributed by atoms with E-state index in [1.165, 1.54) is 24.0 Å². The molecule has 0 bridgehead atoms. The number of esters is 1. The van der Waals surface area contributed by atoms with Gasteiger partial charge in [0.1, 0.15) is 0 Å². The predicted molar refractivity (Wildman–Crippen MR) is 59.4 cm³/mol. The first kappa shape index (κ1) is 10.7. The van der Waals surface area contributed by atoms with Crippen molar-refractivity contribution in [3.8, 4) is 0 Å². The fraction of sp³-hybridized carbons (Fsp3) is 0.769. The average Bonchev–Trinajstić information content (AvgIpc) is 2.93. The molecule has 0 aromatic heterocycles. The van der Waals surface area contributed by atoms with E-state index in [-0.39, 0.29) is 17.3 Å². The fourth-order valence-corrected chi connectivity index (χ4v) is 2.76. The van der Waals surface area contributed by atoms with Crippen LogP contribution in [0.5, 0.6) is 0 Å². The summed E-state index contributed by atoms with van der Waals surface area (Å²) in [5, 5.41) is 0. The second-order valence-corrected chi connectivity index (χ2v) is 5.11. The Balaban J connectivity index is 2.15. The number of hydrogen-bond acceptors (Lipinski definition) is 2. The Labute approximate surface area is 91.7 Å². The molecule has 1 spiro atoms.